The Hall–Kier alpha value is -4.27. The molecule has 8 nitrogen and oxygen atoms in total. The van der Waals surface area contributed by atoms with Crippen molar-refractivity contribution in [2.24, 2.45) is 0 Å². The molecule has 9 heteroatoms. The second kappa shape index (κ2) is 10.1. The lowest BCUT2D eigenvalue weighted by atomic mass is 10.2. The fourth-order valence-corrected chi connectivity index (χ4v) is 3.54. The molecule has 0 aliphatic heterocycles. The van der Waals surface area contributed by atoms with E-state index >= 15 is 0 Å². The van der Waals surface area contributed by atoms with Crippen LogP contribution in [0.5, 0.6) is 0 Å². The second-order valence-corrected chi connectivity index (χ2v) is 8.07. The third-order valence-corrected chi connectivity index (χ3v) is 5.38. The first-order valence-corrected chi connectivity index (χ1v) is 10.8. The number of amides is 2. The van der Waals surface area contributed by atoms with Gasteiger partial charge in [-0.2, -0.15) is 0 Å². The molecular formula is C25H25FN6O2. The molecule has 4 aromatic rings. The lowest BCUT2D eigenvalue weighted by molar-refractivity contribution is -0.136. The van der Waals surface area contributed by atoms with E-state index < -0.39 is 5.82 Å². The van der Waals surface area contributed by atoms with Gasteiger partial charge in [-0.1, -0.05) is 35.5 Å². The first-order chi connectivity index (χ1) is 16.4. The number of para-hydroxylation sites is 1. The van der Waals surface area contributed by atoms with Crippen molar-refractivity contribution in [1.29, 1.82) is 0 Å². The molecule has 0 unspecified atom stereocenters. The minimum atomic E-state index is -0.439. The van der Waals surface area contributed by atoms with Gasteiger partial charge >= 0.3 is 0 Å². The molecule has 0 aliphatic carbocycles. The number of nitrogens with zero attached hydrogens (tertiary/aromatic N) is 5. The van der Waals surface area contributed by atoms with Gasteiger partial charge in [0.25, 0.3) is 0 Å². The van der Waals surface area contributed by atoms with Crippen LogP contribution in [0.4, 0.5) is 15.8 Å². The molecule has 3 aromatic carbocycles. The van der Waals surface area contributed by atoms with E-state index in [1.807, 2.05) is 49.3 Å². The van der Waals surface area contributed by atoms with E-state index in [9.17, 15) is 14.0 Å². The van der Waals surface area contributed by atoms with Crippen molar-refractivity contribution in [1.82, 2.24) is 19.9 Å². The summed E-state index contributed by atoms with van der Waals surface area (Å²) in [4.78, 5) is 29.3. The Kier molecular flexibility index (Phi) is 6.82. The number of carbonyl (C=O) groups excluding carboxylic acids is 2. The number of fused-ring (bicyclic) bond motifs is 1. The molecule has 0 saturated heterocycles. The Morgan fingerprint density at radius 2 is 1.68 bits per heavy atom. The maximum atomic E-state index is 14.3. The highest BCUT2D eigenvalue weighted by Crippen LogP contribution is 2.17. The van der Waals surface area contributed by atoms with Gasteiger partial charge in [0.1, 0.15) is 24.4 Å². The predicted octanol–water partition coefficient (Wildman–Crippen LogP) is 3.30. The summed E-state index contributed by atoms with van der Waals surface area (Å²) in [6.45, 7) is -0.417. The summed E-state index contributed by atoms with van der Waals surface area (Å²) in [5.74, 6) is -1.20. The topological polar surface area (TPSA) is 83.4 Å². The van der Waals surface area contributed by atoms with Gasteiger partial charge in [0.2, 0.25) is 11.8 Å². The molecule has 34 heavy (non-hydrogen) atoms. The zero-order valence-corrected chi connectivity index (χ0v) is 19.0. The van der Waals surface area contributed by atoms with Gasteiger partial charge < -0.3 is 15.1 Å². The van der Waals surface area contributed by atoms with Crippen LogP contribution in [0.3, 0.4) is 0 Å². The van der Waals surface area contributed by atoms with Gasteiger partial charge in [0, 0.05) is 37.6 Å². The molecule has 1 heterocycles. The van der Waals surface area contributed by atoms with E-state index in [0.29, 0.717) is 22.3 Å². The van der Waals surface area contributed by atoms with Crippen molar-refractivity contribution in [3.05, 3.63) is 84.2 Å². The molecule has 1 N–H and O–H groups in total. The monoisotopic (exact) mass is 460 g/mol. The van der Waals surface area contributed by atoms with Crippen LogP contribution in [0, 0.1) is 5.82 Å². The minimum Gasteiger partial charge on any atom is -0.378 e. The Labute approximate surface area is 196 Å². The predicted molar refractivity (Wildman–Crippen MR) is 129 cm³/mol. The van der Waals surface area contributed by atoms with Crippen LogP contribution in [0.1, 0.15) is 5.56 Å². The van der Waals surface area contributed by atoms with Crippen molar-refractivity contribution in [3.63, 3.8) is 0 Å². The minimum absolute atomic E-state index is 0.0505. The zero-order valence-electron chi connectivity index (χ0n) is 19.0. The molecule has 174 valence electrons. The molecule has 1 aromatic heterocycles. The zero-order chi connectivity index (χ0) is 24.1. The number of rotatable bonds is 8. The summed E-state index contributed by atoms with van der Waals surface area (Å²) >= 11 is 0. The maximum absolute atomic E-state index is 14.3. The fourth-order valence-electron chi connectivity index (χ4n) is 3.54. The maximum Gasteiger partial charge on any atom is 0.245 e. The van der Waals surface area contributed by atoms with E-state index in [1.165, 1.54) is 15.6 Å². The standard InChI is InChI=1S/C25H25FN6O2/c1-30(2)20-13-11-19(12-14-20)27-24(33)16-31(15-18-7-3-4-8-21(18)26)25(34)17-32-23-10-6-5-9-22(23)28-29-32/h3-14H,15-17H2,1-2H3,(H,27,33). The third kappa shape index (κ3) is 5.37. The number of anilines is 2. The van der Waals surface area contributed by atoms with Gasteiger partial charge in [-0.05, 0) is 42.5 Å². The molecule has 0 atom stereocenters. The second-order valence-electron chi connectivity index (χ2n) is 8.07. The largest absolute Gasteiger partial charge is 0.378 e. The lowest BCUT2D eigenvalue weighted by Gasteiger charge is -2.23. The SMILES string of the molecule is CN(C)c1ccc(NC(=O)CN(Cc2ccccc2F)C(=O)Cn2nnc3ccccc32)cc1. The Bertz CT molecular complexity index is 1300. The van der Waals surface area contributed by atoms with Gasteiger partial charge in [-0.3, -0.25) is 9.59 Å². The van der Waals surface area contributed by atoms with E-state index in [-0.39, 0.29) is 31.4 Å². The van der Waals surface area contributed by atoms with E-state index in [1.54, 1.807) is 36.4 Å². The van der Waals surface area contributed by atoms with E-state index in [2.05, 4.69) is 15.6 Å². The van der Waals surface area contributed by atoms with Crippen molar-refractivity contribution >= 4 is 34.2 Å². The van der Waals surface area contributed by atoms with Crippen LogP contribution in [0.25, 0.3) is 11.0 Å². The summed E-state index contributed by atoms with van der Waals surface area (Å²) in [5.41, 5.74) is 3.29. The Balaban J connectivity index is 1.51. The van der Waals surface area contributed by atoms with Gasteiger partial charge in [-0.15, -0.1) is 5.10 Å². The molecular weight excluding hydrogens is 435 g/mol. The lowest BCUT2D eigenvalue weighted by Crippen LogP contribution is -2.39. The van der Waals surface area contributed by atoms with Crippen LogP contribution >= 0.6 is 0 Å². The first-order valence-electron chi connectivity index (χ1n) is 10.8. The van der Waals surface area contributed by atoms with Crippen LogP contribution in [0.2, 0.25) is 0 Å². The number of carbonyl (C=O) groups is 2. The van der Waals surface area contributed by atoms with Crippen molar-refractivity contribution in [2.75, 3.05) is 30.9 Å². The van der Waals surface area contributed by atoms with Gasteiger partial charge in [0.15, 0.2) is 0 Å². The highest BCUT2D eigenvalue weighted by Gasteiger charge is 2.21. The van der Waals surface area contributed by atoms with Crippen molar-refractivity contribution in [2.45, 2.75) is 13.1 Å². The molecule has 0 bridgehead atoms. The number of nitrogens with one attached hydrogen (secondary N) is 1. The van der Waals surface area contributed by atoms with Gasteiger partial charge in [-0.25, -0.2) is 9.07 Å². The van der Waals surface area contributed by atoms with E-state index in [4.69, 9.17) is 0 Å². The molecule has 0 aliphatic rings. The van der Waals surface area contributed by atoms with Crippen LogP contribution in [-0.4, -0.2) is 52.3 Å². The van der Waals surface area contributed by atoms with E-state index in [0.717, 1.165) is 5.69 Å². The fraction of sp³-hybridized carbons (Fsp3) is 0.200. The smallest absolute Gasteiger partial charge is 0.245 e. The summed E-state index contributed by atoms with van der Waals surface area (Å²) in [5, 5.41) is 10.9. The molecule has 0 saturated carbocycles. The highest BCUT2D eigenvalue weighted by atomic mass is 19.1. The highest BCUT2D eigenvalue weighted by molar-refractivity contribution is 5.94. The van der Waals surface area contributed by atoms with Gasteiger partial charge in [0.05, 0.1) is 5.52 Å². The summed E-state index contributed by atoms with van der Waals surface area (Å²) in [7, 11) is 3.86. The Morgan fingerprint density at radius 1 is 0.971 bits per heavy atom. The quantitative estimate of drug-likeness (QED) is 0.436. The first kappa shape index (κ1) is 22.9. The number of halogens is 1. The van der Waals surface area contributed by atoms with Crippen molar-refractivity contribution < 1.29 is 14.0 Å². The number of benzene rings is 3. The van der Waals surface area contributed by atoms with Crippen LogP contribution in [0.15, 0.2) is 72.8 Å². The number of aromatic nitrogens is 3. The Morgan fingerprint density at radius 3 is 2.41 bits per heavy atom. The van der Waals surface area contributed by atoms with Crippen molar-refractivity contribution in [3.8, 4) is 0 Å². The summed E-state index contributed by atoms with van der Waals surface area (Å²) < 4.78 is 15.8. The normalized spacial score (nSPS) is 10.8. The molecule has 0 radical (unpaired) electrons. The number of hydrogen-bond acceptors (Lipinski definition) is 5. The average molecular weight is 461 g/mol. The molecule has 0 fully saturated rings. The summed E-state index contributed by atoms with van der Waals surface area (Å²) in [6, 6.07) is 20.8. The van der Waals surface area contributed by atoms with Crippen LogP contribution in [-0.2, 0) is 22.7 Å². The number of hydrogen-bond donors (Lipinski definition) is 1. The average Bonchev–Trinajstić information content (AvgIpc) is 3.23. The molecule has 0 spiro atoms. The molecule has 4 rings (SSSR count). The summed E-state index contributed by atoms with van der Waals surface area (Å²) in [6.07, 6.45) is 0. The van der Waals surface area contributed by atoms with Crippen LogP contribution < -0.4 is 10.2 Å². The molecule has 2 amide bonds. The third-order valence-electron chi connectivity index (χ3n) is 5.38.